The van der Waals surface area contributed by atoms with E-state index < -0.39 is 0 Å². The molecule has 2 aliphatic heterocycles. The van der Waals surface area contributed by atoms with E-state index >= 15 is 0 Å². The number of hydrogen-bond donors (Lipinski definition) is 1. The van der Waals surface area contributed by atoms with Crippen molar-refractivity contribution in [3.63, 3.8) is 0 Å². The van der Waals surface area contributed by atoms with Crippen molar-refractivity contribution in [3.05, 3.63) is 0 Å². The minimum absolute atomic E-state index is 0.831. The van der Waals surface area contributed by atoms with Gasteiger partial charge in [-0.25, -0.2) is 0 Å². The number of nitrogens with zero attached hydrogens (tertiary/aromatic N) is 1. The third-order valence-corrected chi connectivity index (χ3v) is 5.55. The van der Waals surface area contributed by atoms with Crippen LogP contribution in [0.25, 0.3) is 0 Å². The molecule has 1 aliphatic carbocycles. The van der Waals surface area contributed by atoms with Crippen LogP contribution < -0.4 is 5.32 Å². The molecule has 5 unspecified atom stereocenters. The van der Waals surface area contributed by atoms with E-state index in [-0.39, 0.29) is 0 Å². The fraction of sp³-hybridized carbons (Fsp3) is 1.00. The normalized spacial score (nSPS) is 48.8. The molecule has 3 rings (SSSR count). The zero-order valence-corrected chi connectivity index (χ0v) is 10.8. The van der Waals surface area contributed by atoms with Crippen molar-refractivity contribution >= 4 is 0 Å². The third kappa shape index (κ3) is 1.62. The molecule has 0 aromatic heterocycles. The molecule has 1 N–H and O–H groups in total. The van der Waals surface area contributed by atoms with Gasteiger partial charge in [-0.2, -0.15) is 0 Å². The lowest BCUT2D eigenvalue weighted by atomic mass is 9.94. The molecule has 2 heteroatoms. The topological polar surface area (TPSA) is 15.3 Å². The van der Waals surface area contributed by atoms with Crippen molar-refractivity contribution in [2.75, 3.05) is 19.6 Å². The van der Waals surface area contributed by atoms with Crippen LogP contribution in [-0.4, -0.2) is 36.6 Å². The lowest BCUT2D eigenvalue weighted by Crippen LogP contribution is -2.42. The number of rotatable bonds is 2. The quantitative estimate of drug-likeness (QED) is 0.770. The molecule has 0 bridgehead atoms. The standard InChI is InChI=1S/C14H26N2/c1-3-11-5-4-6-14(11)16-9-12-7-15-8-13(12)10(16)2/h10-15H,3-9H2,1-2H3. The molecule has 2 nitrogen and oxygen atoms in total. The van der Waals surface area contributed by atoms with E-state index in [0.717, 1.165) is 29.8 Å². The highest BCUT2D eigenvalue weighted by atomic mass is 15.2. The van der Waals surface area contributed by atoms with Gasteiger partial charge in [0.15, 0.2) is 0 Å². The maximum absolute atomic E-state index is 3.56. The summed E-state index contributed by atoms with van der Waals surface area (Å²) in [6.07, 6.45) is 5.81. The maximum Gasteiger partial charge on any atom is 0.0126 e. The van der Waals surface area contributed by atoms with Crippen molar-refractivity contribution in [2.45, 2.75) is 51.6 Å². The van der Waals surface area contributed by atoms with Gasteiger partial charge in [0.2, 0.25) is 0 Å². The molecule has 1 saturated carbocycles. The number of fused-ring (bicyclic) bond motifs is 1. The van der Waals surface area contributed by atoms with Gasteiger partial charge in [0, 0.05) is 18.6 Å². The van der Waals surface area contributed by atoms with E-state index in [1.54, 1.807) is 0 Å². The van der Waals surface area contributed by atoms with E-state index in [1.807, 2.05) is 0 Å². The first kappa shape index (κ1) is 11.0. The minimum Gasteiger partial charge on any atom is -0.316 e. The molecule has 0 radical (unpaired) electrons. The first-order chi connectivity index (χ1) is 7.81. The fourth-order valence-electron chi connectivity index (χ4n) is 4.57. The molecule has 16 heavy (non-hydrogen) atoms. The summed E-state index contributed by atoms with van der Waals surface area (Å²) >= 11 is 0. The highest BCUT2D eigenvalue weighted by Gasteiger charge is 2.46. The molecular formula is C14H26N2. The summed E-state index contributed by atoms with van der Waals surface area (Å²) in [4.78, 5) is 2.87. The van der Waals surface area contributed by atoms with Gasteiger partial charge in [0.25, 0.3) is 0 Å². The second kappa shape index (κ2) is 4.30. The van der Waals surface area contributed by atoms with E-state index in [2.05, 4.69) is 24.1 Å². The van der Waals surface area contributed by atoms with Crippen LogP contribution in [0.4, 0.5) is 0 Å². The van der Waals surface area contributed by atoms with Crippen LogP contribution in [-0.2, 0) is 0 Å². The molecule has 3 fully saturated rings. The monoisotopic (exact) mass is 222 g/mol. The van der Waals surface area contributed by atoms with E-state index in [9.17, 15) is 0 Å². The molecule has 0 amide bonds. The summed E-state index contributed by atoms with van der Waals surface area (Å²) in [6, 6.07) is 1.75. The lowest BCUT2D eigenvalue weighted by Gasteiger charge is -2.34. The van der Waals surface area contributed by atoms with Gasteiger partial charge in [-0.15, -0.1) is 0 Å². The Hall–Kier alpha value is -0.0800. The highest BCUT2D eigenvalue weighted by Crippen LogP contribution is 2.40. The molecule has 0 spiro atoms. The van der Waals surface area contributed by atoms with Crippen LogP contribution in [0.3, 0.4) is 0 Å². The smallest absolute Gasteiger partial charge is 0.0126 e. The molecule has 2 heterocycles. The Labute approximate surface area is 99.8 Å². The zero-order chi connectivity index (χ0) is 11.1. The molecule has 0 aromatic carbocycles. The summed E-state index contributed by atoms with van der Waals surface area (Å²) in [5.74, 6) is 2.89. The average molecular weight is 222 g/mol. The number of hydrogen-bond acceptors (Lipinski definition) is 2. The molecular weight excluding hydrogens is 196 g/mol. The van der Waals surface area contributed by atoms with E-state index in [1.165, 1.54) is 45.3 Å². The van der Waals surface area contributed by atoms with Crippen LogP contribution in [0.2, 0.25) is 0 Å². The lowest BCUT2D eigenvalue weighted by molar-refractivity contribution is 0.135. The first-order valence-corrected chi connectivity index (χ1v) is 7.27. The van der Waals surface area contributed by atoms with Crippen LogP contribution >= 0.6 is 0 Å². The van der Waals surface area contributed by atoms with Crippen LogP contribution in [0.1, 0.15) is 39.5 Å². The van der Waals surface area contributed by atoms with Gasteiger partial charge in [0.1, 0.15) is 0 Å². The van der Waals surface area contributed by atoms with Gasteiger partial charge in [-0.3, -0.25) is 4.90 Å². The van der Waals surface area contributed by atoms with Crippen LogP contribution in [0.5, 0.6) is 0 Å². The molecule has 2 saturated heterocycles. The maximum atomic E-state index is 3.56. The highest BCUT2D eigenvalue weighted by molar-refractivity contribution is 5.00. The summed E-state index contributed by atoms with van der Waals surface area (Å²) in [5, 5.41) is 3.56. The van der Waals surface area contributed by atoms with Gasteiger partial charge in [-0.1, -0.05) is 19.8 Å². The van der Waals surface area contributed by atoms with Gasteiger partial charge >= 0.3 is 0 Å². The predicted octanol–water partition coefficient (Wildman–Crippen LogP) is 2.10. The Bertz CT molecular complexity index is 253. The Balaban J connectivity index is 1.71. The van der Waals surface area contributed by atoms with Gasteiger partial charge in [-0.05, 0) is 50.6 Å². The summed E-state index contributed by atoms with van der Waals surface area (Å²) < 4.78 is 0. The second-order valence-corrected chi connectivity index (χ2v) is 6.19. The Morgan fingerprint density at radius 3 is 2.88 bits per heavy atom. The average Bonchev–Trinajstić information content (AvgIpc) is 2.95. The van der Waals surface area contributed by atoms with Crippen molar-refractivity contribution in [3.8, 4) is 0 Å². The summed E-state index contributed by atoms with van der Waals surface area (Å²) in [5.41, 5.74) is 0. The van der Waals surface area contributed by atoms with E-state index in [0.29, 0.717) is 0 Å². The number of likely N-dealkylation sites (tertiary alicyclic amines) is 1. The Kier molecular flexibility index (Phi) is 2.97. The first-order valence-electron chi connectivity index (χ1n) is 7.27. The Morgan fingerprint density at radius 2 is 2.12 bits per heavy atom. The zero-order valence-electron chi connectivity index (χ0n) is 10.8. The van der Waals surface area contributed by atoms with Crippen molar-refractivity contribution in [1.29, 1.82) is 0 Å². The van der Waals surface area contributed by atoms with Crippen LogP contribution in [0.15, 0.2) is 0 Å². The van der Waals surface area contributed by atoms with Crippen LogP contribution in [0, 0.1) is 17.8 Å². The molecule has 0 aromatic rings. The molecule has 92 valence electrons. The summed E-state index contributed by atoms with van der Waals surface area (Å²) in [6.45, 7) is 8.77. The largest absolute Gasteiger partial charge is 0.316 e. The van der Waals surface area contributed by atoms with E-state index in [4.69, 9.17) is 0 Å². The fourth-order valence-corrected chi connectivity index (χ4v) is 4.57. The van der Waals surface area contributed by atoms with Gasteiger partial charge in [0.05, 0.1) is 0 Å². The molecule has 3 aliphatic rings. The third-order valence-electron chi connectivity index (χ3n) is 5.55. The predicted molar refractivity (Wildman–Crippen MR) is 67.4 cm³/mol. The minimum atomic E-state index is 0.831. The Morgan fingerprint density at radius 1 is 1.25 bits per heavy atom. The second-order valence-electron chi connectivity index (χ2n) is 6.19. The SMILES string of the molecule is CCC1CCCC1N1CC2CNCC2C1C. The van der Waals surface area contributed by atoms with Crippen molar-refractivity contribution < 1.29 is 0 Å². The number of nitrogens with one attached hydrogen (secondary N) is 1. The van der Waals surface area contributed by atoms with Crippen molar-refractivity contribution in [2.24, 2.45) is 17.8 Å². The summed E-state index contributed by atoms with van der Waals surface area (Å²) in [7, 11) is 0. The molecule has 5 atom stereocenters. The van der Waals surface area contributed by atoms with Gasteiger partial charge < -0.3 is 5.32 Å². The van der Waals surface area contributed by atoms with Crippen molar-refractivity contribution in [1.82, 2.24) is 10.2 Å².